The fourth-order valence-corrected chi connectivity index (χ4v) is 1.81. The lowest BCUT2D eigenvalue weighted by Crippen LogP contribution is -2.01. The first-order valence-electron chi connectivity index (χ1n) is 3.95. The van der Waals surface area contributed by atoms with E-state index in [0.717, 1.165) is 5.39 Å². The third-order valence-electron chi connectivity index (χ3n) is 1.91. The molecule has 0 saturated heterocycles. The Kier molecular flexibility index (Phi) is 2.40. The Morgan fingerprint density at radius 3 is 3.07 bits per heavy atom. The average Bonchev–Trinajstić information content (AvgIpc) is 2.56. The van der Waals surface area contributed by atoms with Crippen molar-refractivity contribution in [2.45, 2.75) is 0 Å². The van der Waals surface area contributed by atoms with Gasteiger partial charge in [0.25, 0.3) is 0 Å². The van der Waals surface area contributed by atoms with Crippen LogP contribution in [0.5, 0.6) is 0 Å². The Labute approximate surface area is 94.3 Å². The summed E-state index contributed by atoms with van der Waals surface area (Å²) >= 11 is 2.04. The molecule has 0 amide bonds. The highest BCUT2D eigenvalue weighted by atomic mass is 127. The number of fused-ring (bicyclic) bond motifs is 1. The number of halogens is 1. The normalized spacial score (nSPS) is 10.4. The molecule has 4 nitrogen and oxygen atoms in total. The van der Waals surface area contributed by atoms with Gasteiger partial charge < -0.3 is 4.74 Å². The van der Waals surface area contributed by atoms with Gasteiger partial charge in [-0.15, -0.1) is 0 Å². The van der Waals surface area contributed by atoms with E-state index in [0.29, 0.717) is 11.1 Å². The second-order valence-corrected chi connectivity index (χ2v) is 3.74. The Balaban J connectivity index is 2.70. The monoisotopic (exact) mass is 302 g/mol. The van der Waals surface area contributed by atoms with Gasteiger partial charge in [-0.05, 0) is 6.07 Å². The van der Waals surface area contributed by atoms with Crippen LogP contribution >= 0.6 is 22.9 Å². The highest BCUT2D eigenvalue weighted by molar-refractivity contribution is 14.1. The van der Waals surface area contributed by atoms with Crippen LogP contribution in [-0.4, -0.2) is 21.1 Å². The number of aromatic nitrogens is 2. The zero-order valence-electron chi connectivity index (χ0n) is 7.40. The molecule has 5 heteroatoms. The number of methoxy groups -OCH3 is 1. The van der Waals surface area contributed by atoms with E-state index in [-0.39, 0.29) is 5.97 Å². The number of benzene rings is 1. The smallest absolute Gasteiger partial charge is 0.340 e. The van der Waals surface area contributed by atoms with Gasteiger partial charge >= 0.3 is 5.97 Å². The van der Waals surface area contributed by atoms with Crippen molar-refractivity contribution >= 4 is 39.7 Å². The van der Waals surface area contributed by atoms with Crippen molar-refractivity contribution in [2.24, 2.45) is 0 Å². The molecular weight excluding hydrogens is 295 g/mol. The molecule has 0 saturated carbocycles. The first-order valence-corrected chi connectivity index (χ1v) is 4.91. The van der Waals surface area contributed by atoms with Crippen LogP contribution in [0.25, 0.3) is 10.9 Å². The van der Waals surface area contributed by atoms with Gasteiger partial charge in [0, 0.05) is 11.6 Å². The third-order valence-corrected chi connectivity index (χ3v) is 2.41. The van der Waals surface area contributed by atoms with Crippen LogP contribution in [0, 0.1) is 0 Å². The Morgan fingerprint density at radius 2 is 2.36 bits per heavy atom. The molecule has 1 aromatic carbocycles. The van der Waals surface area contributed by atoms with Crippen molar-refractivity contribution in [1.82, 2.24) is 7.99 Å². The van der Waals surface area contributed by atoms with Crippen molar-refractivity contribution in [1.29, 1.82) is 0 Å². The minimum absolute atomic E-state index is 0.356. The van der Waals surface area contributed by atoms with Crippen LogP contribution in [0.4, 0.5) is 0 Å². The molecule has 2 aromatic rings. The average molecular weight is 302 g/mol. The van der Waals surface area contributed by atoms with Crippen molar-refractivity contribution in [3.63, 3.8) is 0 Å². The van der Waals surface area contributed by atoms with Crippen molar-refractivity contribution in [3.05, 3.63) is 30.0 Å². The van der Waals surface area contributed by atoms with Crippen LogP contribution in [0.3, 0.4) is 0 Å². The Bertz CT molecular complexity index is 493. The van der Waals surface area contributed by atoms with E-state index in [1.54, 1.807) is 8.96 Å². The first kappa shape index (κ1) is 9.45. The van der Waals surface area contributed by atoms with Gasteiger partial charge in [-0.1, -0.05) is 12.1 Å². The van der Waals surface area contributed by atoms with Crippen molar-refractivity contribution < 1.29 is 9.53 Å². The fraction of sp³-hybridized carbons (Fsp3) is 0.111. The van der Waals surface area contributed by atoms with Gasteiger partial charge in [-0.2, -0.15) is 5.10 Å². The van der Waals surface area contributed by atoms with Gasteiger partial charge in [-0.25, -0.2) is 7.69 Å². The maximum Gasteiger partial charge on any atom is 0.340 e. The predicted octanol–water partition coefficient (Wildman–Crippen LogP) is 2.02. The minimum atomic E-state index is -0.356. The number of hydrogen-bond acceptors (Lipinski definition) is 3. The Morgan fingerprint density at radius 1 is 1.57 bits per heavy atom. The number of nitrogens with zero attached hydrogens (tertiary/aromatic N) is 2. The molecule has 1 heterocycles. The molecule has 1 aromatic heterocycles. The predicted molar refractivity (Wildman–Crippen MR) is 60.5 cm³/mol. The Hall–Kier alpha value is -1.11. The molecule has 0 aliphatic heterocycles. The van der Waals surface area contributed by atoms with Crippen LogP contribution in [0.2, 0.25) is 0 Å². The minimum Gasteiger partial charge on any atom is -0.465 e. The molecule has 2 rings (SSSR count). The summed E-state index contributed by atoms with van der Waals surface area (Å²) in [6, 6.07) is 5.43. The second-order valence-electron chi connectivity index (χ2n) is 2.75. The zero-order chi connectivity index (χ0) is 10.1. The third kappa shape index (κ3) is 1.47. The van der Waals surface area contributed by atoms with Gasteiger partial charge in [0.05, 0.1) is 35.5 Å². The number of carbonyl (C=O) groups excluding carboxylic acids is 1. The van der Waals surface area contributed by atoms with Gasteiger partial charge in [0.2, 0.25) is 0 Å². The molecule has 0 aliphatic rings. The van der Waals surface area contributed by atoms with Crippen molar-refractivity contribution in [2.75, 3.05) is 7.11 Å². The molecule has 0 spiro atoms. The van der Waals surface area contributed by atoms with E-state index >= 15 is 0 Å². The highest BCUT2D eigenvalue weighted by Crippen LogP contribution is 2.18. The number of carbonyl (C=O) groups is 1. The number of ether oxygens (including phenoxy) is 1. The molecule has 0 bridgehead atoms. The fourth-order valence-electron chi connectivity index (χ4n) is 1.29. The number of esters is 1. The van der Waals surface area contributed by atoms with Gasteiger partial charge in [0.1, 0.15) is 5.52 Å². The van der Waals surface area contributed by atoms with Crippen LogP contribution in [-0.2, 0) is 4.74 Å². The summed E-state index contributed by atoms with van der Waals surface area (Å²) in [5, 5.41) is 5.12. The number of rotatable bonds is 1. The molecular formula is C9H7IN2O2. The topological polar surface area (TPSA) is 44.1 Å². The maximum absolute atomic E-state index is 11.4. The van der Waals surface area contributed by atoms with E-state index in [2.05, 4.69) is 9.84 Å². The molecule has 0 atom stereocenters. The molecule has 0 aliphatic carbocycles. The first-order chi connectivity index (χ1) is 6.72. The number of hydrogen-bond donors (Lipinski definition) is 0. The van der Waals surface area contributed by atoms with E-state index in [1.807, 2.05) is 41.2 Å². The molecule has 0 radical (unpaired) electrons. The van der Waals surface area contributed by atoms with Gasteiger partial charge in [0.15, 0.2) is 0 Å². The second kappa shape index (κ2) is 3.56. The molecule has 0 unspecified atom stereocenters. The van der Waals surface area contributed by atoms with Crippen LogP contribution < -0.4 is 0 Å². The van der Waals surface area contributed by atoms with E-state index in [9.17, 15) is 4.79 Å². The molecule has 14 heavy (non-hydrogen) atoms. The molecule has 0 fully saturated rings. The maximum atomic E-state index is 11.4. The summed E-state index contributed by atoms with van der Waals surface area (Å²) < 4.78 is 6.31. The summed E-state index contributed by atoms with van der Waals surface area (Å²) in [5.74, 6) is -0.356. The van der Waals surface area contributed by atoms with Gasteiger partial charge in [-0.3, -0.25) is 0 Å². The van der Waals surface area contributed by atoms with E-state index in [1.165, 1.54) is 7.11 Å². The lowest BCUT2D eigenvalue weighted by Gasteiger charge is -1.98. The lowest BCUT2D eigenvalue weighted by molar-refractivity contribution is 0.0603. The van der Waals surface area contributed by atoms with Crippen LogP contribution in [0.1, 0.15) is 10.4 Å². The summed E-state index contributed by atoms with van der Waals surface area (Å²) in [6.45, 7) is 0. The summed E-state index contributed by atoms with van der Waals surface area (Å²) in [5.41, 5.74) is 1.18. The summed E-state index contributed by atoms with van der Waals surface area (Å²) in [4.78, 5) is 11.4. The standard InChI is InChI=1S/C9H7IN2O2/c1-14-9(13)7-4-2-3-6-5-12(10)11-8(6)7/h2-5H,1H3. The largest absolute Gasteiger partial charge is 0.465 e. The van der Waals surface area contributed by atoms with Crippen LogP contribution in [0.15, 0.2) is 24.4 Å². The van der Waals surface area contributed by atoms with E-state index in [4.69, 9.17) is 0 Å². The van der Waals surface area contributed by atoms with E-state index < -0.39 is 0 Å². The zero-order valence-corrected chi connectivity index (χ0v) is 9.56. The van der Waals surface area contributed by atoms with Crippen molar-refractivity contribution in [3.8, 4) is 0 Å². The molecule has 72 valence electrons. The quantitative estimate of drug-likeness (QED) is 0.598. The lowest BCUT2D eigenvalue weighted by atomic mass is 10.1. The summed E-state index contributed by atoms with van der Waals surface area (Å²) in [7, 11) is 1.36. The summed E-state index contributed by atoms with van der Waals surface area (Å²) in [6.07, 6.45) is 1.85. The SMILES string of the molecule is COC(=O)c1cccc2cn(I)nc12. The molecule has 0 N–H and O–H groups in total. The highest BCUT2D eigenvalue weighted by Gasteiger charge is 2.12.